The molecule has 7 nitrogen and oxygen atoms in total. The van der Waals surface area contributed by atoms with Gasteiger partial charge in [0, 0.05) is 38.1 Å². The van der Waals surface area contributed by atoms with E-state index >= 15 is 8.78 Å². The highest BCUT2D eigenvalue weighted by Gasteiger charge is 2.37. The molecule has 3 N–H and O–H groups in total. The average molecular weight is 546 g/mol. The highest BCUT2D eigenvalue weighted by atomic mass is 19.1. The minimum atomic E-state index is -0.896. The molecule has 40 heavy (non-hydrogen) atoms. The standard InChI is InChI=1S/C31H33F2N5O2/c1-36-28-16-37-7-4-25(28)20-10-19(12-23(35)14-20)11-21-13-22(31(18-34)5-8-40-9-6-31)15-27(33)29(21)30-26(32)3-2-24(17-39)38-30/h2-4,7,13,15-17,19-20,23,36H,5-6,8-12,14,35H2,1H3. The zero-order chi connectivity index (χ0) is 28.3. The number of hydrogen-bond donors (Lipinski definition) is 2. The van der Waals surface area contributed by atoms with Crippen molar-refractivity contribution in [3.8, 4) is 17.3 Å². The Balaban J connectivity index is 1.59. The fourth-order valence-corrected chi connectivity index (χ4v) is 6.44. The van der Waals surface area contributed by atoms with Crippen molar-refractivity contribution in [2.45, 2.75) is 55.9 Å². The van der Waals surface area contributed by atoms with Crippen molar-refractivity contribution in [2.75, 3.05) is 25.6 Å². The van der Waals surface area contributed by atoms with E-state index in [0.29, 0.717) is 49.9 Å². The van der Waals surface area contributed by atoms with Crippen molar-refractivity contribution >= 4 is 12.0 Å². The van der Waals surface area contributed by atoms with Gasteiger partial charge in [-0.1, -0.05) is 6.07 Å². The van der Waals surface area contributed by atoms with E-state index in [1.807, 2.05) is 19.2 Å². The van der Waals surface area contributed by atoms with E-state index in [2.05, 4.69) is 21.4 Å². The van der Waals surface area contributed by atoms with Crippen LogP contribution in [0.15, 0.2) is 42.7 Å². The molecule has 3 unspecified atom stereocenters. The first kappa shape index (κ1) is 27.8. The molecule has 9 heteroatoms. The van der Waals surface area contributed by atoms with Gasteiger partial charge in [0.05, 0.1) is 23.4 Å². The zero-order valence-electron chi connectivity index (χ0n) is 22.5. The molecule has 1 aliphatic carbocycles. The van der Waals surface area contributed by atoms with E-state index in [9.17, 15) is 10.1 Å². The van der Waals surface area contributed by atoms with Crippen molar-refractivity contribution in [2.24, 2.45) is 11.7 Å². The van der Waals surface area contributed by atoms with Crippen LogP contribution in [0.3, 0.4) is 0 Å². The number of benzene rings is 1. The Bertz CT molecular complexity index is 1430. The van der Waals surface area contributed by atoms with Crippen LogP contribution < -0.4 is 11.1 Å². The van der Waals surface area contributed by atoms with Crippen molar-refractivity contribution in [1.29, 1.82) is 5.26 Å². The van der Waals surface area contributed by atoms with Gasteiger partial charge in [-0.2, -0.15) is 5.26 Å². The first-order valence-electron chi connectivity index (χ1n) is 13.7. The van der Waals surface area contributed by atoms with Crippen molar-refractivity contribution in [3.63, 3.8) is 0 Å². The number of nitrogens with zero attached hydrogens (tertiary/aromatic N) is 3. The van der Waals surface area contributed by atoms with Crippen LogP contribution >= 0.6 is 0 Å². The minimum absolute atomic E-state index is 0.0146. The Kier molecular flexibility index (Phi) is 8.19. The lowest BCUT2D eigenvalue weighted by Gasteiger charge is -2.35. The van der Waals surface area contributed by atoms with E-state index < -0.39 is 17.0 Å². The van der Waals surface area contributed by atoms with Gasteiger partial charge in [0.25, 0.3) is 0 Å². The largest absolute Gasteiger partial charge is 0.387 e. The fourth-order valence-electron chi connectivity index (χ4n) is 6.44. The number of aldehydes is 1. The molecule has 1 aliphatic heterocycles. The highest BCUT2D eigenvalue weighted by Crippen LogP contribution is 2.43. The monoisotopic (exact) mass is 545 g/mol. The van der Waals surface area contributed by atoms with Crippen LogP contribution in [-0.4, -0.2) is 42.6 Å². The Hall–Kier alpha value is -3.74. The van der Waals surface area contributed by atoms with Crippen molar-refractivity contribution in [1.82, 2.24) is 9.97 Å². The molecule has 5 rings (SSSR count). The van der Waals surface area contributed by atoms with Crippen LogP contribution in [0.4, 0.5) is 14.5 Å². The van der Waals surface area contributed by atoms with Gasteiger partial charge < -0.3 is 15.8 Å². The predicted octanol–water partition coefficient (Wildman–Crippen LogP) is 5.30. The SMILES string of the molecule is CNc1cnccc1C1CC(N)CC(Cc2cc(C3(C#N)CCOCC3)cc(F)c2-c2nc(C=O)ccc2F)C1. The number of halogens is 2. The van der Waals surface area contributed by atoms with Gasteiger partial charge in [0.2, 0.25) is 0 Å². The van der Waals surface area contributed by atoms with Crippen LogP contribution in [0.5, 0.6) is 0 Å². The lowest BCUT2D eigenvalue weighted by atomic mass is 9.71. The van der Waals surface area contributed by atoms with Gasteiger partial charge >= 0.3 is 0 Å². The lowest BCUT2D eigenvalue weighted by Crippen LogP contribution is -2.34. The Morgan fingerprint density at radius 2 is 1.98 bits per heavy atom. The predicted molar refractivity (Wildman–Crippen MR) is 148 cm³/mol. The second kappa shape index (κ2) is 11.8. The molecule has 1 saturated heterocycles. The van der Waals surface area contributed by atoms with Crippen LogP contribution in [0.25, 0.3) is 11.3 Å². The number of anilines is 1. The summed E-state index contributed by atoms with van der Waals surface area (Å²) in [6, 6.07) is 9.92. The molecule has 3 atom stereocenters. The molecule has 0 spiro atoms. The maximum absolute atomic E-state index is 16.1. The summed E-state index contributed by atoms with van der Waals surface area (Å²) in [7, 11) is 1.86. The van der Waals surface area contributed by atoms with Gasteiger partial charge in [-0.05, 0) is 91.3 Å². The number of hydrogen-bond acceptors (Lipinski definition) is 7. The number of rotatable bonds is 7. The van der Waals surface area contributed by atoms with Crippen LogP contribution in [0.1, 0.15) is 65.2 Å². The quantitative estimate of drug-likeness (QED) is 0.387. The number of nitrogens with one attached hydrogen (secondary N) is 1. The number of aromatic nitrogens is 2. The zero-order valence-corrected chi connectivity index (χ0v) is 22.5. The third-order valence-corrected chi connectivity index (χ3v) is 8.42. The summed E-state index contributed by atoms with van der Waals surface area (Å²) >= 11 is 0. The molecule has 1 aromatic carbocycles. The molecule has 2 aliphatic rings. The third-order valence-electron chi connectivity index (χ3n) is 8.42. The lowest BCUT2D eigenvalue weighted by molar-refractivity contribution is 0.0674. The number of carbonyl (C=O) groups excluding carboxylic acids is 1. The summed E-state index contributed by atoms with van der Waals surface area (Å²) in [5.74, 6) is -1.13. The van der Waals surface area contributed by atoms with Gasteiger partial charge in [-0.3, -0.25) is 9.78 Å². The number of carbonyl (C=O) groups is 1. The number of nitriles is 1. The summed E-state index contributed by atoms with van der Waals surface area (Å²) < 4.78 is 36.7. The van der Waals surface area contributed by atoms with Crippen LogP contribution in [-0.2, 0) is 16.6 Å². The fraction of sp³-hybridized carbons (Fsp3) is 0.419. The van der Waals surface area contributed by atoms with E-state index in [1.165, 1.54) is 12.1 Å². The smallest absolute Gasteiger partial charge is 0.168 e. The average Bonchev–Trinajstić information content (AvgIpc) is 2.97. The van der Waals surface area contributed by atoms with Gasteiger partial charge in [-0.15, -0.1) is 0 Å². The normalized spacial score (nSPS) is 22.3. The topological polar surface area (TPSA) is 114 Å². The summed E-state index contributed by atoms with van der Waals surface area (Å²) in [4.78, 5) is 19.8. The van der Waals surface area contributed by atoms with Crippen molar-refractivity contribution < 1.29 is 18.3 Å². The molecule has 2 aromatic heterocycles. The molecule has 0 amide bonds. The number of nitrogens with two attached hydrogens (primary N) is 1. The van der Waals surface area contributed by atoms with Gasteiger partial charge in [0.1, 0.15) is 23.0 Å². The number of ether oxygens (including phenoxy) is 1. The molecule has 1 saturated carbocycles. The molecule has 3 heterocycles. The van der Waals surface area contributed by atoms with Gasteiger partial charge in [-0.25, -0.2) is 13.8 Å². The summed E-state index contributed by atoms with van der Waals surface area (Å²) in [5.41, 5.74) is 8.70. The first-order valence-corrected chi connectivity index (χ1v) is 13.7. The molecule has 0 bridgehead atoms. The third kappa shape index (κ3) is 5.47. The molecule has 3 aromatic rings. The maximum atomic E-state index is 16.1. The number of pyridine rings is 2. The maximum Gasteiger partial charge on any atom is 0.168 e. The summed E-state index contributed by atoms with van der Waals surface area (Å²) in [6.07, 6.45) is 7.74. The second-order valence-corrected chi connectivity index (χ2v) is 10.9. The Labute approximate surface area is 232 Å². The van der Waals surface area contributed by atoms with E-state index in [0.717, 1.165) is 36.6 Å². The molecular weight excluding hydrogens is 512 g/mol. The van der Waals surface area contributed by atoms with E-state index in [4.69, 9.17) is 10.5 Å². The highest BCUT2D eigenvalue weighted by molar-refractivity contribution is 5.75. The first-order chi connectivity index (χ1) is 19.4. The minimum Gasteiger partial charge on any atom is -0.387 e. The van der Waals surface area contributed by atoms with Crippen LogP contribution in [0.2, 0.25) is 0 Å². The summed E-state index contributed by atoms with van der Waals surface area (Å²) in [6.45, 7) is 0.811. The van der Waals surface area contributed by atoms with Crippen LogP contribution in [0, 0.1) is 28.9 Å². The Morgan fingerprint density at radius 1 is 1.18 bits per heavy atom. The second-order valence-electron chi connectivity index (χ2n) is 10.9. The Morgan fingerprint density at radius 3 is 2.70 bits per heavy atom. The van der Waals surface area contributed by atoms with Gasteiger partial charge in [0.15, 0.2) is 6.29 Å². The molecule has 0 radical (unpaired) electrons. The van der Waals surface area contributed by atoms with E-state index in [-0.39, 0.29) is 34.8 Å². The molecule has 2 fully saturated rings. The van der Waals surface area contributed by atoms with Crippen molar-refractivity contribution in [3.05, 3.63) is 76.7 Å². The molecule has 208 valence electrons. The van der Waals surface area contributed by atoms with E-state index in [1.54, 1.807) is 12.4 Å². The summed E-state index contributed by atoms with van der Waals surface area (Å²) in [5, 5.41) is 13.4. The molecular formula is C31H33F2N5O2.